The summed E-state index contributed by atoms with van der Waals surface area (Å²) in [5, 5.41) is 9.91. The number of carbonyl (C=O) groups excluding carboxylic acids is 1. The van der Waals surface area contributed by atoms with Crippen LogP contribution < -0.4 is 10.6 Å². The number of rotatable bonds is 2. The van der Waals surface area contributed by atoms with E-state index in [2.05, 4.69) is 20.7 Å². The lowest BCUT2D eigenvalue weighted by Crippen LogP contribution is -2.36. The molecule has 1 unspecified atom stereocenters. The van der Waals surface area contributed by atoms with Crippen molar-refractivity contribution in [1.82, 2.24) is 20.1 Å². The number of halogens is 2. The van der Waals surface area contributed by atoms with Crippen molar-refractivity contribution in [1.29, 1.82) is 0 Å². The number of carbonyl (C=O) groups is 1. The van der Waals surface area contributed by atoms with E-state index in [0.29, 0.717) is 11.5 Å². The predicted octanol–water partition coefficient (Wildman–Crippen LogP) is 3.04. The minimum atomic E-state index is -0.452. The number of fused-ring (bicyclic) bond motifs is 1. The van der Waals surface area contributed by atoms with Gasteiger partial charge < -0.3 is 10.6 Å². The Bertz CT molecular complexity index is 717. The van der Waals surface area contributed by atoms with E-state index in [1.165, 1.54) is 12.1 Å². The molecule has 2 heterocycles. The Morgan fingerprint density at radius 1 is 1.50 bits per heavy atom. The first-order chi connectivity index (χ1) is 10.5. The Kier molecular flexibility index (Phi) is 3.98. The summed E-state index contributed by atoms with van der Waals surface area (Å²) < 4.78 is 14.8. The van der Waals surface area contributed by atoms with Gasteiger partial charge in [-0.1, -0.05) is 11.6 Å². The van der Waals surface area contributed by atoms with Crippen LogP contribution in [0.4, 0.5) is 14.9 Å². The van der Waals surface area contributed by atoms with Gasteiger partial charge in [-0.2, -0.15) is 5.10 Å². The molecule has 2 aromatic rings. The molecule has 3 rings (SSSR count). The van der Waals surface area contributed by atoms with Gasteiger partial charge in [-0.15, -0.1) is 0 Å². The van der Waals surface area contributed by atoms with Crippen LogP contribution in [0.15, 0.2) is 18.2 Å². The highest BCUT2D eigenvalue weighted by molar-refractivity contribution is 6.33. The van der Waals surface area contributed by atoms with Crippen LogP contribution in [0.3, 0.4) is 0 Å². The molecule has 0 saturated carbocycles. The van der Waals surface area contributed by atoms with E-state index in [0.717, 1.165) is 31.3 Å². The summed E-state index contributed by atoms with van der Waals surface area (Å²) in [4.78, 5) is 16.5. The van der Waals surface area contributed by atoms with Gasteiger partial charge in [0.2, 0.25) is 0 Å². The molecule has 0 radical (unpaired) electrons. The van der Waals surface area contributed by atoms with Crippen LogP contribution in [0.2, 0.25) is 5.02 Å². The van der Waals surface area contributed by atoms with Crippen LogP contribution in [-0.4, -0.2) is 20.8 Å². The van der Waals surface area contributed by atoms with Crippen molar-refractivity contribution in [2.24, 2.45) is 0 Å². The smallest absolute Gasteiger partial charge is 0.319 e. The normalized spacial score (nSPS) is 17.0. The first-order valence-corrected chi connectivity index (χ1v) is 7.34. The molecule has 1 aromatic carbocycles. The van der Waals surface area contributed by atoms with E-state index in [1.807, 2.05) is 11.6 Å². The van der Waals surface area contributed by atoms with Gasteiger partial charge >= 0.3 is 6.03 Å². The third-order valence-electron chi connectivity index (χ3n) is 3.47. The average molecular weight is 324 g/mol. The van der Waals surface area contributed by atoms with E-state index >= 15 is 0 Å². The number of hydrogen-bond acceptors (Lipinski definition) is 3. The molecule has 0 aliphatic carbocycles. The quantitative estimate of drug-likeness (QED) is 0.892. The number of hydrogen-bond donors (Lipinski definition) is 2. The van der Waals surface area contributed by atoms with Crippen LogP contribution in [0.5, 0.6) is 0 Å². The first kappa shape index (κ1) is 14.8. The summed E-state index contributed by atoms with van der Waals surface area (Å²) in [7, 11) is 0. The molecule has 0 saturated heterocycles. The fourth-order valence-corrected chi connectivity index (χ4v) is 2.73. The molecule has 1 aliphatic rings. The predicted molar refractivity (Wildman–Crippen MR) is 80.3 cm³/mol. The van der Waals surface area contributed by atoms with Gasteiger partial charge in [0.25, 0.3) is 0 Å². The van der Waals surface area contributed by atoms with E-state index in [9.17, 15) is 9.18 Å². The van der Waals surface area contributed by atoms with Crippen LogP contribution in [0.25, 0.3) is 0 Å². The molecule has 0 fully saturated rings. The number of urea groups is 1. The maximum absolute atomic E-state index is 13.0. The highest BCUT2D eigenvalue weighted by atomic mass is 35.5. The van der Waals surface area contributed by atoms with Crippen molar-refractivity contribution in [3.63, 3.8) is 0 Å². The number of benzene rings is 1. The Balaban J connectivity index is 1.70. The standard InChI is InChI=1S/C14H15ClFN5O/c1-8-17-13-12(3-2-6-21(13)20-8)19-14(22)18-11-5-4-9(16)7-10(11)15/h4-5,7,12H,2-3,6H2,1H3,(H2,18,19,22). The minimum Gasteiger partial charge on any atom is -0.328 e. The summed E-state index contributed by atoms with van der Waals surface area (Å²) in [5.74, 6) is 0.988. The van der Waals surface area contributed by atoms with Gasteiger partial charge in [0.05, 0.1) is 16.8 Å². The minimum absolute atomic E-state index is 0.151. The summed E-state index contributed by atoms with van der Waals surface area (Å²) in [5.41, 5.74) is 0.356. The number of aromatic nitrogens is 3. The van der Waals surface area contributed by atoms with Gasteiger partial charge in [-0.3, -0.25) is 0 Å². The zero-order chi connectivity index (χ0) is 15.7. The SMILES string of the molecule is Cc1nc2n(n1)CCCC2NC(=O)Nc1ccc(F)cc1Cl. The molecule has 2 N–H and O–H groups in total. The average Bonchev–Trinajstić information content (AvgIpc) is 2.83. The molecule has 22 heavy (non-hydrogen) atoms. The van der Waals surface area contributed by atoms with Crippen LogP contribution in [0, 0.1) is 12.7 Å². The third-order valence-corrected chi connectivity index (χ3v) is 3.78. The summed E-state index contributed by atoms with van der Waals surface area (Å²) in [6, 6.07) is 3.20. The van der Waals surface area contributed by atoms with Gasteiger partial charge in [-0.05, 0) is 38.0 Å². The fourth-order valence-electron chi connectivity index (χ4n) is 2.51. The fraction of sp³-hybridized carbons (Fsp3) is 0.357. The van der Waals surface area contributed by atoms with Crippen molar-refractivity contribution >= 4 is 23.3 Å². The maximum atomic E-state index is 13.0. The van der Waals surface area contributed by atoms with Crippen molar-refractivity contribution in [2.75, 3.05) is 5.32 Å². The summed E-state index contributed by atoms with van der Waals surface area (Å²) >= 11 is 5.89. The van der Waals surface area contributed by atoms with Crippen molar-refractivity contribution < 1.29 is 9.18 Å². The summed E-state index contributed by atoms with van der Waals surface area (Å²) in [6.45, 7) is 2.63. The van der Waals surface area contributed by atoms with Gasteiger partial charge in [0.15, 0.2) is 0 Å². The first-order valence-electron chi connectivity index (χ1n) is 6.97. The van der Waals surface area contributed by atoms with E-state index in [4.69, 9.17) is 11.6 Å². The topological polar surface area (TPSA) is 71.8 Å². The molecule has 116 valence electrons. The molecule has 8 heteroatoms. The number of aryl methyl sites for hydroxylation is 2. The number of anilines is 1. The Morgan fingerprint density at radius 2 is 2.32 bits per heavy atom. The van der Waals surface area contributed by atoms with E-state index in [-0.39, 0.29) is 11.1 Å². The maximum Gasteiger partial charge on any atom is 0.319 e. The van der Waals surface area contributed by atoms with Gasteiger partial charge in [-0.25, -0.2) is 18.9 Å². The van der Waals surface area contributed by atoms with E-state index in [1.54, 1.807) is 0 Å². The Labute approximate surface area is 131 Å². The monoisotopic (exact) mass is 323 g/mol. The number of nitrogens with zero attached hydrogens (tertiary/aromatic N) is 3. The second-order valence-electron chi connectivity index (χ2n) is 5.16. The Morgan fingerprint density at radius 3 is 3.09 bits per heavy atom. The highest BCUT2D eigenvalue weighted by Crippen LogP contribution is 2.25. The van der Waals surface area contributed by atoms with Crippen LogP contribution in [0.1, 0.15) is 30.5 Å². The van der Waals surface area contributed by atoms with Crippen molar-refractivity contribution in [3.05, 3.63) is 40.7 Å². The zero-order valence-electron chi connectivity index (χ0n) is 11.9. The molecule has 1 aliphatic heterocycles. The van der Waals surface area contributed by atoms with Crippen LogP contribution in [-0.2, 0) is 6.54 Å². The lowest BCUT2D eigenvalue weighted by molar-refractivity contribution is 0.244. The zero-order valence-corrected chi connectivity index (χ0v) is 12.7. The van der Waals surface area contributed by atoms with Crippen molar-refractivity contribution in [3.8, 4) is 0 Å². The largest absolute Gasteiger partial charge is 0.328 e. The second kappa shape index (κ2) is 5.92. The molecule has 1 aromatic heterocycles. The molecular weight excluding hydrogens is 309 g/mol. The lowest BCUT2D eigenvalue weighted by Gasteiger charge is -2.23. The van der Waals surface area contributed by atoms with E-state index < -0.39 is 11.8 Å². The lowest BCUT2D eigenvalue weighted by atomic mass is 10.1. The highest BCUT2D eigenvalue weighted by Gasteiger charge is 2.25. The van der Waals surface area contributed by atoms with Gasteiger partial charge in [0, 0.05) is 6.54 Å². The number of nitrogens with one attached hydrogen (secondary N) is 2. The molecular formula is C14H15ClFN5O. The molecule has 6 nitrogen and oxygen atoms in total. The third kappa shape index (κ3) is 3.04. The number of amides is 2. The molecule has 1 atom stereocenters. The Hall–Kier alpha value is -2.15. The molecule has 0 bridgehead atoms. The van der Waals surface area contributed by atoms with Crippen molar-refractivity contribution in [2.45, 2.75) is 32.4 Å². The molecule has 0 spiro atoms. The van der Waals surface area contributed by atoms with Gasteiger partial charge in [0.1, 0.15) is 17.5 Å². The molecule has 2 amide bonds. The van der Waals surface area contributed by atoms with Crippen LogP contribution >= 0.6 is 11.6 Å². The second-order valence-corrected chi connectivity index (χ2v) is 5.57. The summed E-state index contributed by atoms with van der Waals surface area (Å²) in [6.07, 6.45) is 1.71.